The summed E-state index contributed by atoms with van der Waals surface area (Å²) in [6.45, 7) is 4.32. The Morgan fingerprint density at radius 3 is 2.22 bits per heavy atom. The SMILES string of the molecule is Cc1ccc(/C(Br)=C/C(C)c2ccccc2)cc1. The topological polar surface area (TPSA) is 0 Å². The molecule has 92 valence electrons. The number of rotatable bonds is 3. The van der Waals surface area contributed by atoms with Gasteiger partial charge in [0.15, 0.2) is 0 Å². The van der Waals surface area contributed by atoms with Crippen molar-refractivity contribution in [3.8, 4) is 0 Å². The molecular formula is C17H17Br. The Bertz CT molecular complexity index is 523. The summed E-state index contributed by atoms with van der Waals surface area (Å²) in [6.07, 6.45) is 2.25. The fraction of sp³-hybridized carbons (Fsp3) is 0.176. The number of benzene rings is 2. The molecule has 0 aromatic heterocycles. The molecule has 1 atom stereocenters. The number of hydrogen-bond acceptors (Lipinski definition) is 0. The molecule has 18 heavy (non-hydrogen) atoms. The molecule has 0 fully saturated rings. The molecule has 0 aliphatic rings. The van der Waals surface area contributed by atoms with Crippen molar-refractivity contribution in [3.05, 3.63) is 77.4 Å². The Kier molecular flexibility index (Phi) is 4.38. The van der Waals surface area contributed by atoms with Gasteiger partial charge in [-0.15, -0.1) is 0 Å². The van der Waals surface area contributed by atoms with Gasteiger partial charge >= 0.3 is 0 Å². The largest absolute Gasteiger partial charge is 0.0624 e. The highest BCUT2D eigenvalue weighted by molar-refractivity contribution is 9.15. The van der Waals surface area contributed by atoms with Gasteiger partial charge in [0.1, 0.15) is 0 Å². The maximum absolute atomic E-state index is 3.67. The molecule has 1 heteroatoms. The molecular weight excluding hydrogens is 284 g/mol. The van der Waals surface area contributed by atoms with Crippen molar-refractivity contribution in [2.24, 2.45) is 0 Å². The second-order valence-electron chi connectivity index (χ2n) is 4.58. The van der Waals surface area contributed by atoms with Gasteiger partial charge < -0.3 is 0 Å². The predicted molar refractivity (Wildman–Crippen MR) is 82.9 cm³/mol. The molecule has 0 saturated heterocycles. The van der Waals surface area contributed by atoms with Gasteiger partial charge in [-0.2, -0.15) is 0 Å². The molecule has 0 saturated carbocycles. The van der Waals surface area contributed by atoms with Gasteiger partial charge in [0.05, 0.1) is 0 Å². The molecule has 0 bridgehead atoms. The number of aryl methyl sites for hydroxylation is 1. The first-order valence-electron chi connectivity index (χ1n) is 6.16. The van der Waals surface area contributed by atoms with Gasteiger partial charge in [-0.3, -0.25) is 0 Å². The van der Waals surface area contributed by atoms with Crippen LogP contribution in [-0.2, 0) is 0 Å². The Hall–Kier alpha value is -1.34. The Morgan fingerprint density at radius 1 is 1.00 bits per heavy atom. The highest BCUT2D eigenvalue weighted by Gasteiger charge is 2.04. The minimum absolute atomic E-state index is 0.405. The molecule has 0 amide bonds. The van der Waals surface area contributed by atoms with E-state index in [0.29, 0.717) is 5.92 Å². The summed E-state index contributed by atoms with van der Waals surface area (Å²) in [5.74, 6) is 0.405. The van der Waals surface area contributed by atoms with E-state index < -0.39 is 0 Å². The fourth-order valence-corrected chi connectivity index (χ4v) is 2.54. The minimum Gasteiger partial charge on any atom is -0.0624 e. The summed E-state index contributed by atoms with van der Waals surface area (Å²) in [6, 6.07) is 19.1. The van der Waals surface area contributed by atoms with Crippen molar-refractivity contribution in [1.29, 1.82) is 0 Å². The molecule has 0 heterocycles. The van der Waals surface area contributed by atoms with Gasteiger partial charge in [-0.25, -0.2) is 0 Å². The van der Waals surface area contributed by atoms with Crippen LogP contribution in [0.15, 0.2) is 60.7 Å². The third-order valence-corrected chi connectivity index (χ3v) is 3.77. The standard InChI is InChI=1S/C17H17Br/c1-13-8-10-16(11-9-13)17(18)12-14(2)15-6-4-3-5-7-15/h3-12,14H,1-2H3/b17-12-. The summed E-state index contributed by atoms with van der Waals surface area (Å²) < 4.78 is 1.15. The van der Waals surface area contributed by atoms with Gasteiger partial charge in [-0.1, -0.05) is 89.1 Å². The van der Waals surface area contributed by atoms with E-state index in [1.54, 1.807) is 0 Å². The van der Waals surface area contributed by atoms with E-state index in [1.807, 2.05) is 0 Å². The first kappa shape index (κ1) is 13.1. The van der Waals surface area contributed by atoms with Crippen molar-refractivity contribution in [2.45, 2.75) is 19.8 Å². The molecule has 0 N–H and O–H groups in total. The Morgan fingerprint density at radius 2 is 1.61 bits per heavy atom. The van der Waals surface area contributed by atoms with E-state index >= 15 is 0 Å². The normalized spacial score (nSPS) is 13.4. The first-order chi connectivity index (χ1) is 8.66. The smallest absolute Gasteiger partial charge is 0.0213 e. The molecule has 2 aromatic carbocycles. The van der Waals surface area contributed by atoms with Gasteiger partial charge in [0.2, 0.25) is 0 Å². The second-order valence-corrected chi connectivity index (χ2v) is 5.43. The average molecular weight is 301 g/mol. The quantitative estimate of drug-likeness (QED) is 0.698. The Labute approximate surface area is 117 Å². The zero-order chi connectivity index (χ0) is 13.0. The third-order valence-electron chi connectivity index (χ3n) is 3.05. The van der Waals surface area contributed by atoms with Crippen LogP contribution in [-0.4, -0.2) is 0 Å². The molecule has 1 unspecified atom stereocenters. The van der Waals surface area contributed by atoms with Gasteiger partial charge in [0.25, 0.3) is 0 Å². The van der Waals surface area contributed by atoms with E-state index in [-0.39, 0.29) is 0 Å². The van der Waals surface area contributed by atoms with Crippen molar-refractivity contribution in [2.75, 3.05) is 0 Å². The molecule has 2 aromatic rings. The summed E-state index contributed by atoms with van der Waals surface area (Å²) >= 11 is 3.67. The number of hydrogen-bond donors (Lipinski definition) is 0. The van der Waals surface area contributed by atoms with Crippen LogP contribution >= 0.6 is 15.9 Å². The molecule has 0 nitrogen and oxygen atoms in total. The maximum atomic E-state index is 3.67. The zero-order valence-electron chi connectivity index (χ0n) is 10.7. The first-order valence-corrected chi connectivity index (χ1v) is 6.95. The van der Waals surface area contributed by atoms with Crippen molar-refractivity contribution < 1.29 is 0 Å². The van der Waals surface area contributed by atoms with Crippen LogP contribution in [0.2, 0.25) is 0 Å². The third kappa shape index (κ3) is 3.33. The summed E-state index contributed by atoms with van der Waals surface area (Å²) in [5.41, 5.74) is 3.85. The van der Waals surface area contributed by atoms with Crippen molar-refractivity contribution >= 4 is 20.4 Å². The lowest BCUT2D eigenvalue weighted by Gasteiger charge is -2.08. The van der Waals surface area contributed by atoms with Crippen LogP contribution in [0.1, 0.15) is 29.5 Å². The minimum atomic E-state index is 0.405. The second kappa shape index (κ2) is 6.01. The van der Waals surface area contributed by atoms with Crippen LogP contribution in [0.25, 0.3) is 4.48 Å². The Balaban J connectivity index is 2.20. The fourth-order valence-electron chi connectivity index (χ4n) is 1.88. The molecule has 2 rings (SSSR count). The molecule has 0 radical (unpaired) electrons. The summed E-state index contributed by atoms with van der Waals surface area (Å²) in [5, 5.41) is 0. The summed E-state index contributed by atoms with van der Waals surface area (Å²) in [7, 11) is 0. The van der Waals surface area contributed by atoms with E-state index in [0.717, 1.165) is 4.48 Å². The van der Waals surface area contributed by atoms with Crippen LogP contribution in [0, 0.1) is 6.92 Å². The molecule has 0 spiro atoms. The highest BCUT2D eigenvalue weighted by atomic mass is 79.9. The lowest BCUT2D eigenvalue weighted by atomic mass is 10.00. The van der Waals surface area contributed by atoms with E-state index in [4.69, 9.17) is 0 Å². The number of allylic oxidation sites excluding steroid dienone is 1. The van der Waals surface area contributed by atoms with E-state index in [1.165, 1.54) is 16.7 Å². The van der Waals surface area contributed by atoms with Crippen LogP contribution in [0.4, 0.5) is 0 Å². The van der Waals surface area contributed by atoms with Gasteiger partial charge in [0, 0.05) is 10.4 Å². The lowest BCUT2D eigenvalue weighted by molar-refractivity contribution is 0.972. The monoisotopic (exact) mass is 300 g/mol. The predicted octanol–water partition coefficient (Wildman–Crippen LogP) is 5.53. The molecule has 0 aliphatic heterocycles. The highest BCUT2D eigenvalue weighted by Crippen LogP contribution is 2.27. The van der Waals surface area contributed by atoms with E-state index in [2.05, 4.69) is 90.5 Å². The van der Waals surface area contributed by atoms with Crippen molar-refractivity contribution in [3.63, 3.8) is 0 Å². The maximum Gasteiger partial charge on any atom is 0.0213 e. The summed E-state index contributed by atoms with van der Waals surface area (Å²) in [4.78, 5) is 0. The van der Waals surface area contributed by atoms with Gasteiger partial charge in [-0.05, 0) is 18.1 Å². The van der Waals surface area contributed by atoms with Crippen LogP contribution in [0.3, 0.4) is 0 Å². The zero-order valence-corrected chi connectivity index (χ0v) is 12.3. The van der Waals surface area contributed by atoms with Crippen LogP contribution < -0.4 is 0 Å². The lowest BCUT2D eigenvalue weighted by Crippen LogP contribution is -1.89. The molecule has 0 aliphatic carbocycles. The van der Waals surface area contributed by atoms with Crippen LogP contribution in [0.5, 0.6) is 0 Å². The average Bonchev–Trinajstić information content (AvgIpc) is 2.40. The number of halogens is 1. The van der Waals surface area contributed by atoms with Crippen molar-refractivity contribution in [1.82, 2.24) is 0 Å². The van der Waals surface area contributed by atoms with E-state index in [9.17, 15) is 0 Å².